The smallest absolute Gasteiger partial charge is 0.307 e. The second-order valence-corrected chi connectivity index (χ2v) is 3.90. The van der Waals surface area contributed by atoms with Gasteiger partial charge >= 0.3 is 5.97 Å². The highest BCUT2D eigenvalue weighted by Crippen LogP contribution is 2.15. The van der Waals surface area contributed by atoms with Crippen LogP contribution >= 0.6 is 15.9 Å². The van der Waals surface area contributed by atoms with Gasteiger partial charge in [0.2, 0.25) is 0 Å². The fraction of sp³-hybridized carbons (Fsp3) is 0.600. The third-order valence-electron chi connectivity index (χ3n) is 2.49. The van der Waals surface area contributed by atoms with E-state index in [9.17, 15) is 4.79 Å². The van der Waals surface area contributed by atoms with Crippen molar-refractivity contribution in [1.29, 1.82) is 0 Å². The molecule has 0 atom stereocenters. The highest BCUT2D eigenvalue weighted by atomic mass is 79.9. The molecule has 0 bridgehead atoms. The van der Waals surface area contributed by atoms with E-state index >= 15 is 0 Å². The molecule has 1 aromatic heterocycles. The molecule has 0 aliphatic carbocycles. The average Bonchev–Trinajstić information content (AvgIpc) is 2.52. The number of methoxy groups -OCH3 is 1. The van der Waals surface area contributed by atoms with Crippen molar-refractivity contribution in [3.63, 3.8) is 0 Å². The average molecular weight is 275 g/mol. The van der Waals surface area contributed by atoms with E-state index in [1.807, 2.05) is 18.5 Å². The molecule has 0 unspecified atom stereocenters. The summed E-state index contributed by atoms with van der Waals surface area (Å²) < 4.78 is 6.44. The lowest BCUT2D eigenvalue weighted by Crippen LogP contribution is -2.09. The number of carbonyl (C=O) groups excluding carboxylic acids is 1. The van der Waals surface area contributed by atoms with E-state index in [2.05, 4.69) is 25.8 Å². The molecule has 0 saturated heterocycles. The summed E-state index contributed by atoms with van der Waals surface area (Å²) in [6.07, 6.45) is 0.361. The molecule has 84 valence electrons. The van der Waals surface area contributed by atoms with Crippen LogP contribution in [0.15, 0.2) is 0 Å². The Balaban J connectivity index is 2.73. The maximum atomic E-state index is 11.0. The predicted molar refractivity (Wildman–Crippen MR) is 61.0 cm³/mol. The number of hydrogen-bond acceptors (Lipinski definition) is 3. The summed E-state index contributed by atoms with van der Waals surface area (Å²) in [5.41, 5.74) is 3.31. The molecule has 5 heteroatoms. The van der Waals surface area contributed by atoms with Gasteiger partial charge in [0.1, 0.15) is 0 Å². The van der Waals surface area contributed by atoms with E-state index in [0.29, 0.717) is 13.0 Å². The number of alkyl halides is 1. The van der Waals surface area contributed by atoms with Crippen LogP contribution in [0, 0.1) is 13.8 Å². The molecular weight excluding hydrogens is 260 g/mol. The number of halogens is 1. The molecular formula is C10H15BrN2O2. The van der Waals surface area contributed by atoms with Gasteiger partial charge in [0.05, 0.1) is 25.8 Å². The fourth-order valence-corrected chi connectivity index (χ4v) is 1.87. The molecule has 0 spiro atoms. The Hall–Kier alpha value is -0.840. The van der Waals surface area contributed by atoms with Crippen molar-refractivity contribution in [2.24, 2.45) is 0 Å². The van der Waals surface area contributed by atoms with E-state index in [1.165, 1.54) is 12.7 Å². The Bertz CT molecular complexity index is 361. The van der Waals surface area contributed by atoms with Crippen molar-refractivity contribution in [1.82, 2.24) is 9.78 Å². The molecule has 0 N–H and O–H groups in total. The number of aryl methyl sites for hydroxylation is 1. The molecule has 0 saturated carbocycles. The van der Waals surface area contributed by atoms with Crippen molar-refractivity contribution in [2.75, 3.05) is 7.11 Å². The quantitative estimate of drug-likeness (QED) is 0.623. The van der Waals surface area contributed by atoms with Crippen LogP contribution in [0.25, 0.3) is 0 Å². The van der Waals surface area contributed by atoms with Crippen LogP contribution in [-0.2, 0) is 21.4 Å². The van der Waals surface area contributed by atoms with Gasteiger partial charge in [0, 0.05) is 11.0 Å². The summed E-state index contributed by atoms with van der Waals surface area (Å²) in [6, 6.07) is 0. The third-order valence-corrected chi connectivity index (χ3v) is 3.02. The summed E-state index contributed by atoms with van der Waals surface area (Å²) in [7, 11) is 1.40. The fourth-order valence-electron chi connectivity index (χ4n) is 1.34. The van der Waals surface area contributed by atoms with Gasteiger partial charge in [-0.2, -0.15) is 5.10 Å². The molecule has 15 heavy (non-hydrogen) atoms. The zero-order valence-electron chi connectivity index (χ0n) is 9.21. The number of aromatic nitrogens is 2. The monoisotopic (exact) mass is 274 g/mol. The van der Waals surface area contributed by atoms with Crippen LogP contribution in [0.1, 0.15) is 23.4 Å². The third kappa shape index (κ3) is 2.81. The van der Waals surface area contributed by atoms with Crippen molar-refractivity contribution >= 4 is 21.9 Å². The van der Waals surface area contributed by atoms with Gasteiger partial charge in [-0.3, -0.25) is 9.48 Å². The van der Waals surface area contributed by atoms with E-state index in [0.717, 1.165) is 16.7 Å². The minimum Gasteiger partial charge on any atom is -0.469 e. The van der Waals surface area contributed by atoms with Crippen LogP contribution in [0.2, 0.25) is 0 Å². The number of esters is 1. The summed E-state index contributed by atoms with van der Waals surface area (Å²) in [5.74, 6) is -0.206. The SMILES string of the molecule is COC(=O)CCn1nc(CBr)c(C)c1C. The minimum atomic E-state index is -0.206. The molecule has 1 rings (SSSR count). The minimum absolute atomic E-state index is 0.206. The second kappa shape index (κ2) is 5.30. The number of nitrogens with zero attached hydrogens (tertiary/aromatic N) is 2. The van der Waals surface area contributed by atoms with Crippen molar-refractivity contribution in [3.05, 3.63) is 17.0 Å². The van der Waals surface area contributed by atoms with Gasteiger partial charge in [-0.15, -0.1) is 0 Å². The number of ether oxygens (including phenoxy) is 1. The predicted octanol–water partition coefficient (Wildman–Crippen LogP) is 1.96. The van der Waals surface area contributed by atoms with Crippen LogP contribution in [0.5, 0.6) is 0 Å². The van der Waals surface area contributed by atoms with Crippen LogP contribution in [-0.4, -0.2) is 22.9 Å². The molecule has 0 amide bonds. The van der Waals surface area contributed by atoms with E-state index in [-0.39, 0.29) is 5.97 Å². The summed E-state index contributed by atoms with van der Waals surface area (Å²) >= 11 is 3.38. The Kier molecular flexibility index (Phi) is 4.32. The van der Waals surface area contributed by atoms with Gasteiger partial charge in [-0.05, 0) is 19.4 Å². The standard InChI is InChI=1S/C10H15BrN2O2/c1-7-8(2)13(12-9(7)6-11)5-4-10(14)15-3/h4-6H2,1-3H3. The molecule has 0 aliphatic heterocycles. The maximum absolute atomic E-state index is 11.0. The van der Waals surface area contributed by atoms with Gasteiger partial charge < -0.3 is 4.74 Å². The van der Waals surface area contributed by atoms with Crippen LogP contribution in [0.4, 0.5) is 0 Å². The summed E-state index contributed by atoms with van der Waals surface area (Å²) in [6.45, 7) is 4.62. The van der Waals surface area contributed by atoms with Crippen LogP contribution in [0.3, 0.4) is 0 Å². The molecule has 4 nitrogen and oxygen atoms in total. The van der Waals surface area contributed by atoms with E-state index < -0.39 is 0 Å². The Morgan fingerprint density at radius 3 is 2.67 bits per heavy atom. The lowest BCUT2D eigenvalue weighted by Gasteiger charge is -2.03. The van der Waals surface area contributed by atoms with Gasteiger partial charge in [0.15, 0.2) is 0 Å². The Morgan fingerprint density at radius 2 is 2.20 bits per heavy atom. The van der Waals surface area contributed by atoms with Crippen molar-refractivity contribution in [3.8, 4) is 0 Å². The topological polar surface area (TPSA) is 44.1 Å². The first kappa shape index (κ1) is 12.2. The molecule has 0 aromatic carbocycles. The first-order valence-electron chi connectivity index (χ1n) is 4.75. The first-order valence-corrected chi connectivity index (χ1v) is 5.88. The van der Waals surface area contributed by atoms with Gasteiger partial charge in [-0.25, -0.2) is 0 Å². The normalized spacial score (nSPS) is 10.4. The van der Waals surface area contributed by atoms with Gasteiger partial charge in [0.25, 0.3) is 0 Å². The first-order chi connectivity index (χ1) is 7.10. The zero-order valence-corrected chi connectivity index (χ0v) is 10.8. The van der Waals surface area contributed by atoms with Crippen LogP contribution < -0.4 is 0 Å². The largest absolute Gasteiger partial charge is 0.469 e. The maximum Gasteiger partial charge on any atom is 0.307 e. The van der Waals surface area contributed by atoms with E-state index in [1.54, 1.807) is 0 Å². The van der Waals surface area contributed by atoms with Gasteiger partial charge in [-0.1, -0.05) is 15.9 Å². The Labute approximate surface area is 97.7 Å². The molecule has 1 aromatic rings. The van der Waals surface area contributed by atoms with Crippen molar-refractivity contribution < 1.29 is 9.53 Å². The molecule has 1 heterocycles. The molecule has 0 fully saturated rings. The van der Waals surface area contributed by atoms with Crippen molar-refractivity contribution in [2.45, 2.75) is 32.1 Å². The lowest BCUT2D eigenvalue weighted by molar-refractivity contribution is -0.140. The number of hydrogen-bond donors (Lipinski definition) is 0. The summed E-state index contributed by atoms with van der Waals surface area (Å²) in [4.78, 5) is 11.0. The number of rotatable bonds is 4. The second-order valence-electron chi connectivity index (χ2n) is 3.34. The molecule has 0 radical (unpaired) electrons. The molecule has 0 aliphatic rings. The van der Waals surface area contributed by atoms with E-state index in [4.69, 9.17) is 0 Å². The highest BCUT2D eigenvalue weighted by Gasteiger charge is 2.10. The summed E-state index contributed by atoms with van der Waals surface area (Å²) in [5, 5.41) is 5.14. The Morgan fingerprint density at radius 1 is 1.53 bits per heavy atom. The lowest BCUT2D eigenvalue weighted by atomic mass is 10.2. The number of carbonyl (C=O) groups is 1. The highest BCUT2D eigenvalue weighted by molar-refractivity contribution is 9.08. The zero-order chi connectivity index (χ0) is 11.4.